The topological polar surface area (TPSA) is 42.7 Å². The van der Waals surface area contributed by atoms with E-state index in [1.165, 1.54) is 37.1 Å². The highest BCUT2D eigenvalue weighted by molar-refractivity contribution is 6.30. The molecule has 3 atom stereocenters. The summed E-state index contributed by atoms with van der Waals surface area (Å²) in [5.74, 6) is 3.44. The monoisotopic (exact) mass is 368 g/mol. The molecule has 5 heteroatoms. The van der Waals surface area contributed by atoms with Gasteiger partial charge in [-0.3, -0.25) is 0 Å². The summed E-state index contributed by atoms with van der Waals surface area (Å²) < 4.78 is 2.30. The Labute approximate surface area is 159 Å². The van der Waals surface area contributed by atoms with Crippen LogP contribution in [0, 0.1) is 5.92 Å². The van der Waals surface area contributed by atoms with Gasteiger partial charge in [0.25, 0.3) is 0 Å². The highest BCUT2D eigenvalue weighted by atomic mass is 35.5. The van der Waals surface area contributed by atoms with Gasteiger partial charge in [0.2, 0.25) is 0 Å². The van der Waals surface area contributed by atoms with Gasteiger partial charge in [0.1, 0.15) is 11.6 Å². The molecule has 2 aliphatic carbocycles. The molecule has 1 N–H and O–H groups in total. The predicted octanol–water partition coefficient (Wildman–Crippen LogP) is 4.31. The van der Waals surface area contributed by atoms with Crippen molar-refractivity contribution in [2.45, 2.75) is 55.9 Å². The van der Waals surface area contributed by atoms with Gasteiger partial charge in [-0.15, -0.1) is 10.2 Å². The van der Waals surface area contributed by atoms with Gasteiger partial charge in [-0.05, 0) is 61.9 Å². The summed E-state index contributed by atoms with van der Waals surface area (Å²) in [5, 5.41) is 13.7. The lowest BCUT2D eigenvalue weighted by Gasteiger charge is -2.41. The Morgan fingerprint density at radius 1 is 1.15 bits per heavy atom. The fraction of sp³-hybridized carbons (Fsp3) is 0.524. The maximum absolute atomic E-state index is 6.11. The molecule has 0 spiro atoms. The second-order valence-electron chi connectivity index (χ2n) is 8.19. The molecule has 2 fully saturated rings. The third-order valence-corrected chi connectivity index (χ3v) is 7.11. The number of nitrogens with zero attached hydrogens (tertiary/aromatic N) is 3. The molecule has 0 bridgehead atoms. The Hall–Kier alpha value is -1.81. The average Bonchev–Trinajstić information content (AvgIpc) is 3.22. The summed E-state index contributed by atoms with van der Waals surface area (Å²) in [5.41, 5.74) is 1.33. The Balaban J connectivity index is 1.47. The van der Waals surface area contributed by atoms with Crippen LogP contribution in [0.15, 0.2) is 36.5 Å². The van der Waals surface area contributed by atoms with Gasteiger partial charge < -0.3 is 9.88 Å². The number of hydrogen-bond donors (Lipinski definition) is 1. The molecule has 2 aromatic rings. The molecule has 0 radical (unpaired) electrons. The first-order valence-corrected chi connectivity index (χ1v) is 10.1. The van der Waals surface area contributed by atoms with E-state index in [-0.39, 0.29) is 5.41 Å². The second kappa shape index (κ2) is 6.12. The molecule has 2 unspecified atom stereocenters. The van der Waals surface area contributed by atoms with E-state index in [4.69, 9.17) is 16.7 Å². The first kappa shape index (κ1) is 16.4. The van der Waals surface area contributed by atoms with Crippen molar-refractivity contribution in [3.05, 3.63) is 58.8 Å². The van der Waals surface area contributed by atoms with E-state index in [0.717, 1.165) is 23.7 Å². The van der Waals surface area contributed by atoms with E-state index in [9.17, 15) is 0 Å². The molecular weight excluding hydrogens is 344 g/mol. The lowest BCUT2D eigenvalue weighted by molar-refractivity contribution is 0.274. The molecule has 26 heavy (non-hydrogen) atoms. The minimum absolute atomic E-state index is 0.0105. The lowest BCUT2D eigenvalue weighted by atomic mass is 9.64. The van der Waals surface area contributed by atoms with Crippen LogP contribution in [0.3, 0.4) is 0 Å². The van der Waals surface area contributed by atoms with Crippen molar-refractivity contribution >= 4 is 11.6 Å². The molecule has 1 aromatic carbocycles. The quantitative estimate of drug-likeness (QED) is 0.877. The van der Waals surface area contributed by atoms with E-state index >= 15 is 0 Å². The van der Waals surface area contributed by atoms with E-state index in [0.29, 0.717) is 17.9 Å². The Morgan fingerprint density at radius 3 is 2.69 bits per heavy atom. The Kier molecular flexibility index (Phi) is 3.85. The fourth-order valence-electron chi connectivity index (χ4n) is 5.22. The van der Waals surface area contributed by atoms with Crippen LogP contribution in [0.4, 0.5) is 0 Å². The third-order valence-electron chi connectivity index (χ3n) is 6.86. The van der Waals surface area contributed by atoms with Crippen molar-refractivity contribution < 1.29 is 0 Å². The molecular formula is C21H25ClN4. The van der Waals surface area contributed by atoms with E-state index < -0.39 is 0 Å². The first-order chi connectivity index (χ1) is 12.7. The normalized spacial score (nSPS) is 29.1. The van der Waals surface area contributed by atoms with Crippen LogP contribution in [0.1, 0.15) is 61.7 Å². The fourth-order valence-corrected chi connectivity index (χ4v) is 5.34. The van der Waals surface area contributed by atoms with Crippen molar-refractivity contribution in [1.29, 1.82) is 0 Å². The lowest BCUT2D eigenvalue weighted by Crippen LogP contribution is -2.38. The highest BCUT2D eigenvalue weighted by Crippen LogP contribution is 2.49. The summed E-state index contributed by atoms with van der Waals surface area (Å²) in [6, 6.07) is 8.95. The number of fused-ring (bicyclic) bond motifs is 1. The second-order valence-corrected chi connectivity index (χ2v) is 8.63. The molecule has 3 aliphatic rings. The van der Waals surface area contributed by atoms with Gasteiger partial charge in [-0.1, -0.05) is 36.2 Å². The number of benzene rings is 1. The number of halogens is 1. The molecule has 0 amide bonds. The summed E-state index contributed by atoms with van der Waals surface area (Å²) in [6.45, 7) is 0. The molecule has 4 nitrogen and oxygen atoms in total. The summed E-state index contributed by atoms with van der Waals surface area (Å²) >= 11 is 6.11. The van der Waals surface area contributed by atoms with Crippen molar-refractivity contribution in [2.75, 3.05) is 0 Å². The smallest absolute Gasteiger partial charge is 0.143 e. The minimum Gasteiger partial charge on any atom is -0.388 e. The zero-order valence-electron chi connectivity index (χ0n) is 15.2. The minimum atomic E-state index is 0.0105. The average molecular weight is 369 g/mol. The van der Waals surface area contributed by atoms with Gasteiger partial charge in [0, 0.05) is 24.0 Å². The molecule has 136 valence electrons. The van der Waals surface area contributed by atoms with Gasteiger partial charge in [-0.25, -0.2) is 0 Å². The van der Waals surface area contributed by atoms with Crippen LogP contribution in [0.5, 0.6) is 0 Å². The van der Waals surface area contributed by atoms with Crippen LogP contribution in [0.2, 0.25) is 5.02 Å². The van der Waals surface area contributed by atoms with Crippen LogP contribution in [-0.2, 0) is 12.5 Å². The highest BCUT2D eigenvalue weighted by Gasteiger charge is 2.45. The molecule has 5 rings (SSSR count). The number of nitrogens with one attached hydrogen (secondary N) is 1. The van der Waals surface area contributed by atoms with Crippen molar-refractivity contribution in [3.8, 4) is 0 Å². The van der Waals surface area contributed by atoms with Crippen LogP contribution < -0.4 is 5.32 Å². The Bertz CT molecular complexity index is 834. The van der Waals surface area contributed by atoms with Crippen molar-refractivity contribution in [3.63, 3.8) is 0 Å². The number of aromatic nitrogens is 3. The number of hydrogen-bond acceptors (Lipinski definition) is 3. The summed E-state index contributed by atoms with van der Waals surface area (Å²) in [4.78, 5) is 0. The van der Waals surface area contributed by atoms with Crippen LogP contribution in [0.25, 0.3) is 0 Å². The zero-order valence-corrected chi connectivity index (χ0v) is 15.9. The van der Waals surface area contributed by atoms with Gasteiger partial charge in [-0.2, -0.15) is 0 Å². The zero-order chi connectivity index (χ0) is 17.7. The van der Waals surface area contributed by atoms with Crippen LogP contribution >= 0.6 is 11.6 Å². The summed E-state index contributed by atoms with van der Waals surface area (Å²) in [6.07, 6.45) is 11.6. The van der Waals surface area contributed by atoms with Gasteiger partial charge in [0.05, 0.1) is 5.41 Å². The predicted molar refractivity (Wildman–Crippen MR) is 103 cm³/mol. The van der Waals surface area contributed by atoms with Gasteiger partial charge in [0.15, 0.2) is 0 Å². The molecule has 1 aliphatic heterocycles. The standard InChI is InChI=1S/C21H25ClN4/c1-26-19(15-3-8-18-14(13-15)9-12-23-18)24-25-20(26)21(10-2-11-21)16-4-6-17(22)7-5-16/h4-7,9,12,14-15,18,23H,2-3,8,10-11,13H2,1H3/t14?,15?,18-/m0/s1. The number of rotatable bonds is 3. The van der Waals surface area contributed by atoms with Gasteiger partial charge >= 0.3 is 0 Å². The van der Waals surface area contributed by atoms with E-state index in [1.807, 2.05) is 12.1 Å². The molecule has 0 saturated heterocycles. The first-order valence-electron chi connectivity index (χ1n) is 9.76. The van der Waals surface area contributed by atoms with E-state index in [2.05, 4.69) is 46.4 Å². The Morgan fingerprint density at radius 2 is 1.96 bits per heavy atom. The SMILES string of the molecule is Cn1c(C2CC[C@@H]3NC=CC3C2)nnc1C1(c2ccc(Cl)cc2)CCC1. The largest absolute Gasteiger partial charge is 0.388 e. The van der Waals surface area contributed by atoms with Crippen LogP contribution in [-0.4, -0.2) is 20.8 Å². The molecule has 1 aromatic heterocycles. The van der Waals surface area contributed by atoms with E-state index in [1.54, 1.807) is 0 Å². The molecule has 2 saturated carbocycles. The van der Waals surface area contributed by atoms with Crippen molar-refractivity contribution in [2.24, 2.45) is 13.0 Å². The maximum atomic E-state index is 6.11. The maximum Gasteiger partial charge on any atom is 0.143 e. The third kappa shape index (κ3) is 2.42. The summed E-state index contributed by atoms with van der Waals surface area (Å²) in [7, 11) is 2.16. The molecule has 2 heterocycles. The van der Waals surface area contributed by atoms with Crippen molar-refractivity contribution in [1.82, 2.24) is 20.1 Å².